The first-order chi connectivity index (χ1) is 10.2. The van der Waals surface area contributed by atoms with Gasteiger partial charge in [0.1, 0.15) is 0 Å². The number of benzene rings is 1. The van der Waals surface area contributed by atoms with Gasteiger partial charge in [-0.15, -0.1) is 0 Å². The quantitative estimate of drug-likeness (QED) is 0.922. The lowest BCUT2D eigenvalue weighted by molar-refractivity contribution is 0.249. The highest BCUT2D eigenvalue weighted by Gasteiger charge is 2.25. The third-order valence-electron chi connectivity index (χ3n) is 3.20. The Hall–Kier alpha value is -2.02. The predicted octanol–water partition coefficient (Wildman–Crippen LogP) is 2.93. The van der Waals surface area contributed by atoms with Crippen molar-refractivity contribution in [3.8, 4) is 0 Å². The second kappa shape index (κ2) is 7.12. The summed E-state index contributed by atoms with van der Waals surface area (Å²) in [7, 11) is 0. The van der Waals surface area contributed by atoms with Crippen molar-refractivity contribution < 1.29 is 4.79 Å². The van der Waals surface area contributed by atoms with E-state index in [9.17, 15) is 4.79 Å². The molecular weight excluding hydrogens is 286 g/mol. The van der Waals surface area contributed by atoms with Crippen LogP contribution < -0.4 is 10.2 Å². The van der Waals surface area contributed by atoms with E-state index < -0.39 is 0 Å². The number of amides is 2. The summed E-state index contributed by atoms with van der Waals surface area (Å²) in [4.78, 5) is 14.1. The zero-order valence-electron chi connectivity index (χ0n) is 12.5. The van der Waals surface area contributed by atoms with Crippen LogP contribution in [-0.2, 0) is 12.8 Å². The highest BCUT2D eigenvalue weighted by atomic mass is 32.1. The number of aromatic nitrogens is 3. The lowest BCUT2D eigenvalue weighted by Gasteiger charge is -2.24. The molecule has 0 aliphatic carbocycles. The van der Waals surface area contributed by atoms with Gasteiger partial charge in [-0.05, 0) is 36.1 Å². The van der Waals surface area contributed by atoms with E-state index in [4.69, 9.17) is 0 Å². The summed E-state index contributed by atoms with van der Waals surface area (Å²) in [5.74, 6) is 0. The molecule has 0 bridgehead atoms. The Morgan fingerprint density at radius 3 is 2.38 bits per heavy atom. The van der Waals surface area contributed by atoms with Crippen LogP contribution in [0.3, 0.4) is 0 Å². The van der Waals surface area contributed by atoms with Gasteiger partial charge < -0.3 is 5.32 Å². The molecule has 0 saturated carbocycles. The Morgan fingerprint density at radius 1 is 1.24 bits per heavy atom. The molecule has 0 spiro atoms. The fourth-order valence-electron chi connectivity index (χ4n) is 2.23. The van der Waals surface area contributed by atoms with Gasteiger partial charge in [-0.1, -0.05) is 41.6 Å². The summed E-state index contributed by atoms with van der Waals surface area (Å²) < 4.78 is 3.78. The number of nitrogens with one attached hydrogen (secondary N) is 1. The number of carbonyl (C=O) groups is 1. The molecule has 2 amide bonds. The van der Waals surface area contributed by atoms with Crippen LogP contribution in [0.4, 0.5) is 15.6 Å². The van der Waals surface area contributed by atoms with Crippen molar-refractivity contribution in [1.29, 1.82) is 0 Å². The number of urea groups is 1. The molecule has 0 aliphatic rings. The van der Waals surface area contributed by atoms with Gasteiger partial charge in [0.25, 0.3) is 0 Å². The van der Waals surface area contributed by atoms with Crippen LogP contribution in [0.1, 0.15) is 31.9 Å². The molecular formula is C14H19N5OS. The molecule has 1 heterocycles. The van der Waals surface area contributed by atoms with E-state index >= 15 is 0 Å². The number of nitrogens with zero attached hydrogens (tertiary/aromatic N) is 4. The van der Waals surface area contributed by atoms with Crippen molar-refractivity contribution >= 4 is 28.4 Å². The molecule has 2 aromatic rings. The lowest BCUT2D eigenvalue weighted by atomic mass is 10.0. The summed E-state index contributed by atoms with van der Waals surface area (Å²) in [5.41, 5.74) is 3.11. The van der Waals surface area contributed by atoms with Gasteiger partial charge in [0, 0.05) is 18.1 Å². The zero-order chi connectivity index (χ0) is 15.2. The minimum atomic E-state index is -0.202. The Bertz CT molecular complexity index is 577. The van der Waals surface area contributed by atoms with Crippen molar-refractivity contribution in [3.63, 3.8) is 0 Å². The molecule has 1 aromatic heterocycles. The fraction of sp³-hybridized carbons (Fsp3) is 0.429. The maximum Gasteiger partial charge on any atom is 0.328 e. The SMILES string of the molecule is CCNC(=O)N(c1nnns1)c1c(CC)cccc1CC. The zero-order valence-corrected chi connectivity index (χ0v) is 13.3. The fourth-order valence-corrected chi connectivity index (χ4v) is 2.71. The van der Waals surface area contributed by atoms with Gasteiger partial charge in [0.05, 0.1) is 5.69 Å². The van der Waals surface area contributed by atoms with Crippen molar-refractivity contribution in [3.05, 3.63) is 29.3 Å². The first-order valence-corrected chi connectivity index (χ1v) is 7.83. The van der Waals surface area contributed by atoms with Crippen LogP contribution >= 0.6 is 11.5 Å². The molecule has 1 N–H and O–H groups in total. The number of hydrogen-bond acceptors (Lipinski definition) is 5. The standard InChI is InChI=1S/C14H19N5OS/c1-4-10-8-7-9-11(5-2)12(10)19(13(20)15-6-3)14-16-17-18-21-14/h7-9H,4-6H2,1-3H3,(H,15,20). The summed E-state index contributed by atoms with van der Waals surface area (Å²) in [6, 6.07) is 5.89. The normalized spacial score (nSPS) is 10.4. The largest absolute Gasteiger partial charge is 0.338 e. The molecule has 0 radical (unpaired) electrons. The predicted molar refractivity (Wildman–Crippen MR) is 84.1 cm³/mol. The third kappa shape index (κ3) is 3.18. The van der Waals surface area contributed by atoms with Crippen LogP contribution in [0.25, 0.3) is 0 Å². The summed E-state index contributed by atoms with van der Waals surface area (Å²) >= 11 is 1.11. The molecule has 7 heteroatoms. The number of hydrogen-bond donors (Lipinski definition) is 1. The first-order valence-electron chi connectivity index (χ1n) is 7.06. The monoisotopic (exact) mass is 305 g/mol. The molecule has 0 fully saturated rings. The molecule has 0 unspecified atom stereocenters. The number of rotatable bonds is 5. The Balaban J connectivity index is 2.58. The molecule has 0 saturated heterocycles. The van der Waals surface area contributed by atoms with E-state index in [2.05, 4.69) is 34.0 Å². The molecule has 0 atom stereocenters. The Kier molecular flexibility index (Phi) is 5.21. The van der Waals surface area contributed by atoms with Gasteiger partial charge in [0.2, 0.25) is 5.13 Å². The van der Waals surface area contributed by atoms with Crippen molar-refractivity contribution in [2.75, 3.05) is 11.4 Å². The second-order valence-corrected chi connectivity index (χ2v) is 5.16. The van der Waals surface area contributed by atoms with E-state index in [-0.39, 0.29) is 6.03 Å². The van der Waals surface area contributed by atoms with Crippen LogP contribution in [0.5, 0.6) is 0 Å². The van der Waals surface area contributed by atoms with Crippen LogP contribution in [0.15, 0.2) is 18.2 Å². The van der Waals surface area contributed by atoms with E-state index in [1.165, 1.54) is 0 Å². The smallest absolute Gasteiger partial charge is 0.328 e. The van der Waals surface area contributed by atoms with E-state index in [1.807, 2.05) is 25.1 Å². The van der Waals surface area contributed by atoms with Gasteiger partial charge in [0.15, 0.2) is 0 Å². The number of aryl methyl sites for hydroxylation is 2. The molecule has 0 aliphatic heterocycles. The molecule has 6 nitrogen and oxygen atoms in total. The average Bonchev–Trinajstić information content (AvgIpc) is 3.02. The van der Waals surface area contributed by atoms with Crippen LogP contribution in [-0.4, -0.2) is 27.4 Å². The summed E-state index contributed by atoms with van der Waals surface area (Å²) in [6.45, 7) is 6.59. The average molecular weight is 305 g/mol. The van der Waals surface area contributed by atoms with Gasteiger partial charge in [-0.2, -0.15) is 0 Å². The van der Waals surface area contributed by atoms with Crippen LogP contribution in [0, 0.1) is 0 Å². The van der Waals surface area contributed by atoms with E-state index in [0.717, 1.165) is 41.2 Å². The maximum absolute atomic E-state index is 12.5. The van der Waals surface area contributed by atoms with Crippen molar-refractivity contribution in [1.82, 2.24) is 20.1 Å². The highest BCUT2D eigenvalue weighted by molar-refractivity contribution is 7.09. The third-order valence-corrected chi connectivity index (χ3v) is 3.78. The van der Waals surface area contributed by atoms with Gasteiger partial charge in [-0.3, -0.25) is 0 Å². The highest BCUT2D eigenvalue weighted by Crippen LogP contribution is 2.33. The number of anilines is 2. The molecule has 112 valence electrons. The number of para-hydroxylation sites is 1. The van der Waals surface area contributed by atoms with Gasteiger partial charge >= 0.3 is 6.03 Å². The Morgan fingerprint density at radius 2 is 1.90 bits per heavy atom. The minimum absolute atomic E-state index is 0.202. The first kappa shape index (κ1) is 15.4. The molecule has 2 rings (SSSR count). The topological polar surface area (TPSA) is 71.0 Å². The second-order valence-electron chi connectivity index (χ2n) is 4.45. The van der Waals surface area contributed by atoms with Crippen molar-refractivity contribution in [2.24, 2.45) is 0 Å². The van der Waals surface area contributed by atoms with Gasteiger partial charge in [-0.25, -0.2) is 9.69 Å². The van der Waals surface area contributed by atoms with E-state index in [1.54, 1.807) is 4.90 Å². The summed E-state index contributed by atoms with van der Waals surface area (Å²) in [6.07, 6.45) is 1.68. The Labute approximate surface area is 128 Å². The van der Waals surface area contributed by atoms with E-state index in [0.29, 0.717) is 11.7 Å². The number of carbonyl (C=O) groups excluding carboxylic acids is 1. The van der Waals surface area contributed by atoms with Crippen molar-refractivity contribution in [2.45, 2.75) is 33.6 Å². The minimum Gasteiger partial charge on any atom is -0.338 e. The van der Waals surface area contributed by atoms with Crippen LogP contribution in [0.2, 0.25) is 0 Å². The molecule has 21 heavy (non-hydrogen) atoms. The molecule has 1 aromatic carbocycles. The lowest BCUT2D eigenvalue weighted by Crippen LogP contribution is -2.37. The summed E-state index contributed by atoms with van der Waals surface area (Å²) in [5, 5.41) is 10.9. The maximum atomic E-state index is 12.5.